The molecule has 0 atom stereocenters. The lowest BCUT2D eigenvalue weighted by molar-refractivity contribution is 1.02. The van der Waals surface area contributed by atoms with E-state index in [0.717, 1.165) is 27.9 Å². The summed E-state index contributed by atoms with van der Waals surface area (Å²) in [6, 6.07) is 11.6. The quantitative estimate of drug-likeness (QED) is 0.619. The Morgan fingerprint density at radius 2 is 1.96 bits per heavy atom. The van der Waals surface area contributed by atoms with Crippen LogP contribution in [0.5, 0.6) is 0 Å². The number of rotatable bonds is 2. The number of aryl methyl sites for hydroxylation is 1. The molecule has 112 valence electrons. The lowest BCUT2D eigenvalue weighted by Gasteiger charge is -2.10. The van der Waals surface area contributed by atoms with Crippen molar-refractivity contribution in [1.29, 1.82) is 0 Å². The van der Waals surface area contributed by atoms with Gasteiger partial charge in [-0.2, -0.15) is 0 Å². The van der Waals surface area contributed by atoms with Crippen LogP contribution >= 0.6 is 0 Å². The van der Waals surface area contributed by atoms with Gasteiger partial charge in [-0.25, -0.2) is 4.98 Å². The lowest BCUT2D eigenvalue weighted by Crippen LogP contribution is -2.13. The van der Waals surface area contributed by atoms with Gasteiger partial charge in [0.05, 0.1) is 5.52 Å². The summed E-state index contributed by atoms with van der Waals surface area (Å²) < 4.78 is 1.80. The zero-order valence-electron chi connectivity index (χ0n) is 12.5. The molecule has 0 radical (unpaired) electrons. The second kappa shape index (κ2) is 5.21. The minimum atomic E-state index is -0.152. The van der Waals surface area contributed by atoms with Gasteiger partial charge in [0.15, 0.2) is 0 Å². The van der Waals surface area contributed by atoms with Gasteiger partial charge in [-0.15, -0.1) is 0 Å². The molecule has 0 spiro atoms. The summed E-state index contributed by atoms with van der Waals surface area (Å²) in [5.74, 6) is 0.722. The van der Waals surface area contributed by atoms with Gasteiger partial charge in [0.25, 0.3) is 5.56 Å². The van der Waals surface area contributed by atoms with E-state index in [2.05, 4.69) is 15.0 Å². The summed E-state index contributed by atoms with van der Waals surface area (Å²) in [4.78, 5) is 23.7. The van der Waals surface area contributed by atoms with Crippen molar-refractivity contribution in [2.75, 3.05) is 0 Å². The third-order valence-corrected chi connectivity index (χ3v) is 3.91. The van der Waals surface area contributed by atoms with E-state index < -0.39 is 0 Å². The normalized spacial score (nSPS) is 11.0. The highest BCUT2D eigenvalue weighted by atomic mass is 16.1. The first-order chi connectivity index (χ1) is 11.3. The van der Waals surface area contributed by atoms with E-state index in [1.807, 2.05) is 31.2 Å². The van der Waals surface area contributed by atoms with Gasteiger partial charge in [-0.05, 0) is 30.7 Å². The van der Waals surface area contributed by atoms with Gasteiger partial charge < -0.3 is 4.98 Å². The number of aromatic amines is 1. The number of pyridine rings is 2. The van der Waals surface area contributed by atoms with Gasteiger partial charge in [0.2, 0.25) is 0 Å². The Morgan fingerprint density at radius 1 is 1.04 bits per heavy atom. The second-order valence-electron chi connectivity index (χ2n) is 5.33. The largest absolute Gasteiger partial charge is 0.327 e. The third kappa shape index (κ3) is 2.14. The molecule has 5 heteroatoms. The summed E-state index contributed by atoms with van der Waals surface area (Å²) in [6.07, 6.45) is 6.90. The van der Waals surface area contributed by atoms with Crippen LogP contribution in [0.2, 0.25) is 0 Å². The molecule has 0 aliphatic heterocycles. The summed E-state index contributed by atoms with van der Waals surface area (Å²) >= 11 is 0. The SMILES string of the molecule is Cc1ccc(-c2nccn2-c2ccc[nH]c2=O)c2cccnc12. The first kappa shape index (κ1) is 13.5. The van der Waals surface area contributed by atoms with Gasteiger partial charge in [-0.3, -0.25) is 14.3 Å². The smallest absolute Gasteiger partial charge is 0.272 e. The van der Waals surface area contributed by atoms with Crippen LogP contribution in [-0.2, 0) is 0 Å². The van der Waals surface area contributed by atoms with Gasteiger partial charge in [-0.1, -0.05) is 18.2 Å². The van der Waals surface area contributed by atoms with Crippen LogP contribution in [0.4, 0.5) is 0 Å². The van der Waals surface area contributed by atoms with Gasteiger partial charge >= 0.3 is 0 Å². The van der Waals surface area contributed by atoms with E-state index >= 15 is 0 Å². The molecule has 5 nitrogen and oxygen atoms in total. The van der Waals surface area contributed by atoms with Crippen molar-refractivity contribution < 1.29 is 0 Å². The summed E-state index contributed by atoms with van der Waals surface area (Å²) in [6.45, 7) is 2.04. The molecule has 4 rings (SSSR count). The monoisotopic (exact) mass is 302 g/mol. The molecule has 0 bridgehead atoms. The molecular formula is C18H14N4O. The zero-order valence-corrected chi connectivity index (χ0v) is 12.5. The summed E-state index contributed by atoms with van der Waals surface area (Å²) in [5.41, 5.74) is 3.40. The van der Waals surface area contributed by atoms with E-state index in [9.17, 15) is 4.79 Å². The first-order valence-corrected chi connectivity index (χ1v) is 7.32. The lowest BCUT2D eigenvalue weighted by atomic mass is 10.0. The number of benzene rings is 1. The van der Waals surface area contributed by atoms with Crippen LogP contribution in [0.3, 0.4) is 0 Å². The molecule has 4 aromatic rings. The number of H-pyrrole nitrogens is 1. The Hall–Kier alpha value is -3.21. The predicted molar refractivity (Wildman–Crippen MR) is 89.7 cm³/mol. The maximum absolute atomic E-state index is 12.1. The Balaban J connectivity index is 2.02. The Labute approximate surface area is 132 Å². The molecule has 0 aliphatic carbocycles. The highest BCUT2D eigenvalue weighted by molar-refractivity contribution is 5.94. The van der Waals surface area contributed by atoms with Crippen molar-refractivity contribution in [2.45, 2.75) is 6.92 Å². The van der Waals surface area contributed by atoms with Crippen LogP contribution in [-0.4, -0.2) is 19.5 Å². The number of hydrogen-bond donors (Lipinski definition) is 1. The average Bonchev–Trinajstić information content (AvgIpc) is 3.05. The Kier molecular flexibility index (Phi) is 3.05. The van der Waals surface area contributed by atoms with Crippen LogP contribution in [0, 0.1) is 6.92 Å². The molecule has 3 aromatic heterocycles. The van der Waals surface area contributed by atoms with Crippen LogP contribution < -0.4 is 5.56 Å². The van der Waals surface area contributed by atoms with Crippen LogP contribution in [0.15, 0.2) is 66.0 Å². The van der Waals surface area contributed by atoms with Crippen LogP contribution in [0.1, 0.15) is 5.56 Å². The van der Waals surface area contributed by atoms with Crippen molar-refractivity contribution in [3.8, 4) is 17.1 Å². The topological polar surface area (TPSA) is 63.6 Å². The van der Waals surface area contributed by atoms with E-state index in [1.54, 1.807) is 41.5 Å². The van der Waals surface area contributed by atoms with Crippen molar-refractivity contribution in [1.82, 2.24) is 19.5 Å². The number of nitrogens with zero attached hydrogens (tertiary/aromatic N) is 3. The summed E-state index contributed by atoms with van der Waals surface area (Å²) in [5, 5.41) is 1.02. The maximum Gasteiger partial charge on any atom is 0.272 e. The molecule has 3 heterocycles. The molecule has 1 aromatic carbocycles. The first-order valence-electron chi connectivity index (χ1n) is 7.32. The van der Waals surface area contributed by atoms with E-state index in [-0.39, 0.29) is 5.56 Å². The molecule has 1 N–H and O–H groups in total. The minimum absolute atomic E-state index is 0.152. The molecule has 0 amide bonds. The number of hydrogen-bond acceptors (Lipinski definition) is 3. The fourth-order valence-electron chi connectivity index (χ4n) is 2.81. The number of aromatic nitrogens is 4. The van der Waals surface area contributed by atoms with Crippen molar-refractivity contribution in [3.63, 3.8) is 0 Å². The molecule has 0 aliphatic rings. The maximum atomic E-state index is 12.1. The summed E-state index contributed by atoms with van der Waals surface area (Å²) in [7, 11) is 0. The average molecular weight is 302 g/mol. The Morgan fingerprint density at radius 3 is 2.83 bits per heavy atom. The molecule has 0 saturated heterocycles. The molecular weight excluding hydrogens is 288 g/mol. The van der Waals surface area contributed by atoms with Crippen LogP contribution in [0.25, 0.3) is 28.0 Å². The van der Waals surface area contributed by atoms with Crippen molar-refractivity contribution in [3.05, 3.63) is 77.1 Å². The van der Waals surface area contributed by atoms with Gasteiger partial charge in [0, 0.05) is 35.7 Å². The molecule has 0 fully saturated rings. The van der Waals surface area contributed by atoms with E-state index in [0.29, 0.717) is 5.69 Å². The van der Waals surface area contributed by atoms with Crippen molar-refractivity contribution in [2.24, 2.45) is 0 Å². The standard InChI is InChI=1S/C18H14N4O/c1-12-6-7-14(13-4-2-8-19-16(12)13)17-20-10-11-22(17)15-5-3-9-21-18(15)23/h2-11H,1H3,(H,21,23). The van der Waals surface area contributed by atoms with Crippen molar-refractivity contribution >= 4 is 10.9 Å². The molecule has 0 unspecified atom stereocenters. The highest BCUT2D eigenvalue weighted by Crippen LogP contribution is 2.29. The predicted octanol–water partition coefficient (Wildman–Crippen LogP) is 3.08. The number of fused-ring (bicyclic) bond motifs is 1. The zero-order chi connectivity index (χ0) is 15.8. The number of imidazole rings is 1. The second-order valence-corrected chi connectivity index (χ2v) is 5.33. The fraction of sp³-hybridized carbons (Fsp3) is 0.0556. The Bertz CT molecular complexity index is 1060. The van der Waals surface area contributed by atoms with E-state index in [1.165, 1.54) is 0 Å². The third-order valence-electron chi connectivity index (χ3n) is 3.91. The van der Waals surface area contributed by atoms with Gasteiger partial charge in [0.1, 0.15) is 11.5 Å². The number of nitrogens with one attached hydrogen (secondary N) is 1. The molecule has 0 saturated carbocycles. The fourth-order valence-corrected chi connectivity index (χ4v) is 2.81. The minimum Gasteiger partial charge on any atom is -0.327 e. The highest BCUT2D eigenvalue weighted by Gasteiger charge is 2.13. The molecule has 23 heavy (non-hydrogen) atoms. The van der Waals surface area contributed by atoms with E-state index in [4.69, 9.17) is 0 Å².